The van der Waals surface area contributed by atoms with Gasteiger partial charge in [0.25, 0.3) is 0 Å². The molecule has 0 aliphatic carbocycles. The van der Waals surface area contributed by atoms with E-state index in [1.165, 1.54) is 6.07 Å². The van der Waals surface area contributed by atoms with Gasteiger partial charge in [0.05, 0.1) is 4.92 Å². The normalized spacial score (nSPS) is 19.6. The topological polar surface area (TPSA) is 71.3 Å². The first kappa shape index (κ1) is 13.7. The fraction of sp³-hybridized carbons (Fsp3) is 0.500. The molecule has 1 unspecified atom stereocenters. The average Bonchev–Trinajstić information content (AvgIpc) is 2.29. The van der Waals surface area contributed by atoms with Crippen molar-refractivity contribution >= 4 is 23.9 Å². The summed E-state index contributed by atoms with van der Waals surface area (Å²) >= 11 is 0. The van der Waals surface area contributed by atoms with E-state index in [0.29, 0.717) is 5.82 Å². The summed E-state index contributed by atoms with van der Waals surface area (Å²) in [5, 5.41) is 14.1. The summed E-state index contributed by atoms with van der Waals surface area (Å²) in [7, 11) is 0. The molecule has 2 heterocycles. The minimum atomic E-state index is -0.378. The highest BCUT2D eigenvalue weighted by molar-refractivity contribution is 5.85. The zero-order chi connectivity index (χ0) is 11.5. The number of pyridine rings is 1. The molecular weight excluding hydrogens is 244 g/mol. The molecule has 94 valence electrons. The Balaban J connectivity index is 0.00000144. The van der Waals surface area contributed by atoms with Gasteiger partial charge in [0.1, 0.15) is 0 Å². The predicted molar refractivity (Wildman–Crippen MR) is 67.8 cm³/mol. The van der Waals surface area contributed by atoms with E-state index < -0.39 is 0 Å². The lowest BCUT2D eigenvalue weighted by atomic mass is 10.2. The third-order valence-corrected chi connectivity index (χ3v) is 2.74. The number of nitro groups is 1. The zero-order valence-electron chi connectivity index (χ0n) is 9.50. The van der Waals surface area contributed by atoms with Gasteiger partial charge in [-0.25, -0.2) is 4.98 Å². The number of hydrogen-bond acceptors (Lipinski definition) is 5. The van der Waals surface area contributed by atoms with E-state index in [-0.39, 0.29) is 29.1 Å². The van der Waals surface area contributed by atoms with Gasteiger partial charge < -0.3 is 10.2 Å². The molecule has 1 aromatic heterocycles. The zero-order valence-corrected chi connectivity index (χ0v) is 10.3. The third kappa shape index (κ3) is 2.83. The highest BCUT2D eigenvalue weighted by Crippen LogP contribution is 2.26. The first-order valence-electron chi connectivity index (χ1n) is 5.27. The second-order valence-corrected chi connectivity index (χ2v) is 3.85. The second kappa shape index (κ2) is 5.79. The number of anilines is 1. The number of nitrogens with one attached hydrogen (secondary N) is 1. The number of halogens is 1. The molecule has 2 rings (SSSR count). The summed E-state index contributed by atoms with van der Waals surface area (Å²) in [4.78, 5) is 16.6. The Bertz CT molecular complexity index is 402. The van der Waals surface area contributed by atoms with Crippen molar-refractivity contribution in [3.8, 4) is 0 Å². The molecule has 0 saturated carbocycles. The smallest absolute Gasteiger partial charge is 0.311 e. The summed E-state index contributed by atoms with van der Waals surface area (Å²) < 4.78 is 0. The van der Waals surface area contributed by atoms with E-state index in [1.807, 2.05) is 11.8 Å². The summed E-state index contributed by atoms with van der Waals surface area (Å²) in [5.74, 6) is 0.474. The van der Waals surface area contributed by atoms with Gasteiger partial charge in [0, 0.05) is 37.9 Å². The highest BCUT2D eigenvalue weighted by Gasteiger charge is 2.26. The van der Waals surface area contributed by atoms with Gasteiger partial charge in [-0.15, -0.1) is 12.4 Å². The van der Waals surface area contributed by atoms with Crippen molar-refractivity contribution < 1.29 is 4.92 Å². The van der Waals surface area contributed by atoms with Crippen LogP contribution in [0.15, 0.2) is 18.3 Å². The molecular formula is C10H15ClN4O2. The number of hydrogen-bond donors (Lipinski definition) is 1. The Morgan fingerprint density at radius 1 is 1.65 bits per heavy atom. The molecule has 0 aromatic carbocycles. The molecule has 0 radical (unpaired) electrons. The molecule has 1 saturated heterocycles. The van der Waals surface area contributed by atoms with E-state index in [9.17, 15) is 10.1 Å². The Labute approximate surface area is 106 Å². The Morgan fingerprint density at radius 3 is 3.06 bits per heavy atom. The SMILES string of the molecule is CC1CNCCN1c1ncccc1[N+](=O)[O-].Cl. The number of piperazine rings is 1. The van der Waals surface area contributed by atoms with Gasteiger partial charge in [-0.2, -0.15) is 0 Å². The van der Waals surface area contributed by atoms with Crippen molar-refractivity contribution in [2.24, 2.45) is 0 Å². The van der Waals surface area contributed by atoms with Crippen LogP contribution in [-0.4, -0.2) is 35.6 Å². The molecule has 1 aromatic rings. The van der Waals surface area contributed by atoms with Gasteiger partial charge in [-0.05, 0) is 13.0 Å². The minimum absolute atomic E-state index is 0. The van der Waals surface area contributed by atoms with Crippen molar-refractivity contribution in [3.63, 3.8) is 0 Å². The van der Waals surface area contributed by atoms with Crippen LogP contribution in [0.2, 0.25) is 0 Å². The van der Waals surface area contributed by atoms with E-state index in [2.05, 4.69) is 10.3 Å². The lowest BCUT2D eigenvalue weighted by Gasteiger charge is -2.34. The quantitative estimate of drug-likeness (QED) is 0.638. The van der Waals surface area contributed by atoms with E-state index in [1.54, 1.807) is 12.3 Å². The first-order valence-corrected chi connectivity index (χ1v) is 5.27. The van der Waals surface area contributed by atoms with Crippen molar-refractivity contribution in [1.29, 1.82) is 0 Å². The molecule has 17 heavy (non-hydrogen) atoms. The van der Waals surface area contributed by atoms with Gasteiger partial charge in [-0.3, -0.25) is 10.1 Å². The summed E-state index contributed by atoms with van der Waals surface area (Å²) in [5.41, 5.74) is 0.0799. The maximum absolute atomic E-state index is 10.9. The standard InChI is InChI=1S/C10H14N4O2.ClH/c1-8-7-11-5-6-13(8)10-9(14(15)16)3-2-4-12-10;/h2-4,8,11H,5-7H2,1H3;1H. The molecule has 7 heteroatoms. The Kier molecular flexibility index (Phi) is 4.65. The largest absolute Gasteiger partial charge is 0.346 e. The predicted octanol–water partition coefficient (Wildman–Crippen LogP) is 1.21. The fourth-order valence-electron chi connectivity index (χ4n) is 1.91. The van der Waals surface area contributed by atoms with Crippen LogP contribution in [0.5, 0.6) is 0 Å². The summed E-state index contributed by atoms with van der Waals surface area (Å²) in [6, 6.07) is 3.31. The van der Waals surface area contributed by atoms with Gasteiger partial charge in [0.15, 0.2) is 0 Å². The van der Waals surface area contributed by atoms with Crippen LogP contribution < -0.4 is 10.2 Å². The molecule has 1 fully saturated rings. The van der Waals surface area contributed by atoms with Crippen molar-refractivity contribution in [3.05, 3.63) is 28.4 Å². The molecule has 0 spiro atoms. The van der Waals surface area contributed by atoms with Crippen molar-refractivity contribution in [2.45, 2.75) is 13.0 Å². The molecule has 0 bridgehead atoms. The van der Waals surface area contributed by atoms with Gasteiger partial charge >= 0.3 is 5.69 Å². The average molecular weight is 259 g/mol. The lowest BCUT2D eigenvalue weighted by molar-refractivity contribution is -0.384. The van der Waals surface area contributed by atoms with Crippen molar-refractivity contribution in [2.75, 3.05) is 24.5 Å². The van der Waals surface area contributed by atoms with Crippen molar-refractivity contribution in [1.82, 2.24) is 10.3 Å². The van der Waals surface area contributed by atoms with Crippen LogP contribution >= 0.6 is 12.4 Å². The Hall–Kier alpha value is -1.40. The lowest BCUT2D eigenvalue weighted by Crippen LogP contribution is -2.50. The van der Waals surface area contributed by atoms with E-state index in [4.69, 9.17) is 0 Å². The molecule has 1 aliphatic rings. The van der Waals surface area contributed by atoms with Crippen LogP contribution in [0.1, 0.15) is 6.92 Å². The molecule has 1 atom stereocenters. The third-order valence-electron chi connectivity index (χ3n) is 2.74. The molecule has 1 N–H and O–H groups in total. The molecule has 6 nitrogen and oxygen atoms in total. The van der Waals surface area contributed by atoms with Crippen LogP contribution in [0.3, 0.4) is 0 Å². The van der Waals surface area contributed by atoms with Gasteiger partial charge in [-0.1, -0.05) is 0 Å². The first-order chi connectivity index (χ1) is 7.70. The van der Waals surface area contributed by atoms with Crippen LogP contribution in [0, 0.1) is 10.1 Å². The highest BCUT2D eigenvalue weighted by atomic mass is 35.5. The number of aromatic nitrogens is 1. The molecule has 0 amide bonds. The van der Waals surface area contributed by atoms with E-state index >= 15 is 0 Å². The van der Waals surface area contributed by atoms with Crippen LogP contribution in [-0.2, 0) is 0 Å². The summed E-state index contributed by atoms with van der Waals surface area (Å²) in [6.45, 7) is 4.44. The number of nitrogens with zero attached hydrogens (tertiary/aromatic N) is 3. The van der Waals surface area contributed by atoms with Crippen LogP contribution in [0.25, 0.3) is 0 Å². The number of rotatable bonds is 2. The minimum Gasteiger partial charge on any atom is -0.346 e. The second-order valence-electron chi connectivity index (χ2n) is 3.85. The fourth-order valence-corrected chi connectivity index (χ4v) is 1.91. The Morgan fingerprint density at radius 2 is 2.41 bits per heavy atom. The maximum Gasteiger partial charge on any atom is 0.311 e. The van der Waals surface area contributed by atoms with Gasteiger partial charge in [0.2, 0.25) is 5.82 Å². The maximum atomic E-state index is 10.9. The van der Waals surface area contributed by atoms with Crippen LogP contribution in [0.4, 0.5) is 11.5 Å². The van der Waals surface area contributed by atoms with E-state index in [0.717, 1.165) is 19.6 Å². The molecule has 1 aliphatic heterocycles. The monoisotopic (exact) mass is 258 g/mol. The summed E-state index contributed by atoms with van der Waals surface area (Å²) in [6.07, 6.45) is 1.59.